The molecule has 1 aromatic rings. The molecule has 2 bridgehead atoms. The smallest absolute Gasteiger partial charge is 0.546 e. The number of quaternary nitrogens is 1. The van der Waals surface area contributed by atoms with Crippen LogP contribution in [0.3, 0.4) is 0 Å². The number of methoxy groups -OCH3 is 1. The summed E-state index contributed by atoms with van der Waals surface area (Å²) < 4.78 is 4.27. The molecule has 1 aromatic carbocycles. The van der Waals surface area contributed by atoms with Gasteiger partial charge in [0.05, 0.1) is 13.5 Å². The highest BCUT2D eigenvalue weighted by atomic mass is 35.5. The number of ether oxygens (including phenoxy) is 1. The van der Waals surface area contributed by atoms with Gasteiger partial charge in [0, 0.05) is 30.9 Å². The van der Waals surface area contributed by atoms with Gasteiger partial charge in [-0.15, -0.1) is 0 Å². The zero-order valence-electron chi connectivity index (χ0n) is 19.4. The zero-order valence-corrected chi connectivity index (χ0v) is 20.2. The molecule has 3 N–H and O–H groups in total. The van der Waals surface area contributed by atoms with Crippen LogP contribution in [-0.2, 0) is 4.79 Å². The Bertz CT molecular complexity index is 1170. The van der Waals surface area contributed by atoms with E-state index in [1.54, 1.807) is 36.1 Å². The van der Waals surface area contributed by atoms with E-state index in [9.17, 15) is 29.4 Å². The molecule has 36 heavy (non-hydrogen) atoms. The molecule has 0 radical (unpaired) electrons. The van der Waals surface area contributed by atoms with E-state index in [0.717, 1.165) is 4.90 Å². The molecule has 1 fully saturated rings. The van der Waals surface area contributed by atoms with E-state index in [0.29, 0.717) is 5.75 Å². The number of ketones is 1. The first kappa shape index (κ1) is 26.6. The van der Waals surface area contributed by atoms with Crippen LogP contribution in [-0.4, -0.2) is 84.0 Å². The minimum Gasteiger partial charge on any atom is -1.00 e. The summed E-state index contributed by atoms with van der Waals surface area (Å²) in [5.74, 6) is -0.866. The van der Waals surface area contributed by atoms with E-state index < -0.39 is 40.2 Å². The third-order valence-electron chi connectivity index (χ3n) is 6.43. The second-order valence-electron chi connectivity index (χ2n) is 8.26. The van der Waals surface area contributed by atoms with Gasteiger partial charge in [-0.3, -0.25) is 9.59 Å². The molecule has 0 spiro atoms. The number of carbonyl (C=O) groups is 4. The fourth-order valence-electron chi connectivity index (χ4n) is 4.79. The summed E-state index contributed by atoms with van der Waals surface area (Å²) in [5.41, 5.74) is -1.43. The number of Topliss-reactive ketones (excluding diaryl/α,β-unsaturated/α-hetero) is 1. The molecule has 2 atom stereocenters. The Balaban J connectivity index is 0.00000361. The number of hydrogen-bond donors (Lipinski definition) is 3. The molecule has 2 unspecified atom stereocenters. The summed E-state index contributed by atoms with van der Waals surface area (Å²) >= 11 is 0. The number of benzene rings is 1. The van der Waals surface area contributed by atoms with Crippen molar-refractivity contribution >= 4 is 23.9 Å². The van der Waals surface area contributed by atoms with Crippen molar-refractivity contribution < 1.29 is 56.2 Å². The van der Waals surface area contributed by atoms with Crippen molar-refractivity contribution in [3.8, 4) is 5.75 Å². The number of carboxylic acid groups (broad SMARTS) is 3. The van der Waals surface area contributed by atoms with Crippen LogP contribution in [0.4, 0.5) is 9.59 Å². The van der Waals surface area contributed by atoms with Gasteiger partial charge in [-0.1, -0.05) is 11.5 Å². The van der Waals surface area contributed by atoms with Crippen molar-refractivity contribution in [1.82, 2.24) is 14.8 Å². The summed E-state index contributed by atoms with van der Waals surface area (Å²) in [6.45, 7) is 1.81. The Labute approximate surface area is 212 Å². The van der Waals surface area contributed by atoms with E-state index in [4.69, 9.17) is 9.84 Å². The lowest BCUT2D eigenvalue weighted by Gasteiger charge is -2.48. The van der Waals surface area contributed by atoms with E-state index in [1.165, 1.54) is 42.9 Å². The summed E-state index contributed by atoms with van der Waals surface area (Å²) in [4.78, 5) is 52.2. The molecule has 4 heterocycles. The molecule has 0 aromatic heterocycles. The first-order chi connectivity index (χ1) is 16.6. The molecular weight excluding hydrogens is 496 g/mol. The number of amides is 2. The van der Waals surface area contributed by atoms with Crippen molar-refractivity contribution in [2.75, 3.05) is 13.7 Å². The van der Waals surface area contributed by atoms with Crippen LogP contribution in [0.15, 0.2) is 60.8 Å². The summed E-state index contributed by atoms with van der Waals surface area (Å²) in [6, 6.07) is 6.29. The van der Waals surface area contributed by atoms with Crippen molar-refractivity contribution in [2.45, 2.75) is 31.5 Å². The largest absolute Gasteiger partial charge is 1.00 e. The number of halogens is 1. The minimum absolute atomic E-state index is 0. The third-order valence-corrected chi connectivity index (χ3v) is 6.43. The lowest BCUT2D eigenvalue weighted by molar-refractivity contribution is -0.955. The van der Waals surface area contributed by atoms with Gasteiger partial charge in [-0.05, 0) is 36.4 Å². The highest BCUT2D eigenvalue weighted by molar-refractivity contribution is 6.06. The second kappa shape index (κ2) is 9.55. The normalized spacial score (nSPS) is 22.9. The summed E-state index contributed by atoms with van der Waals surface area (Å²) in [6.07, 6.45) is 3.65. The highest BCUT2D eigenvalue weighted by Gasteiger charge is 2.75. The number of aliphatic carboxylic acids is 1. The van der Waals surface area contributed by atoms with E-state index >= 15 is 0 Å². The maximum absolute atomic E-state index is 14.0. The average molecular weight is 521 g/mol. The van der Waals surface area contributed by atoms with Crippen LogP contribution in [0.25, 0.3) is 0 Å². The SMILES string of the molecule is CCC1N(C(=O)O)C2=C[N+]1(C(=O)O)N2C1(C(=O)c2ccc(OC)cc2)C=CN(CCC(=O)O)C=C1.[Cl-]. The fraction of sp³-hybridized carbons (Fsp3) is 0.304. The molecule has 2 amide bonds. The molecule has 1 saturated heterocycles. The van der Waals surface area contributed by atoms with Crippen LogP contribution >= 0.6 is 0 Å². The topological polar surface area (TPSA) is 148 Å². The van der Waals surface area contributed by atoms with E-state index in [1.807, 2.05) is 0 Å². The van der Waals surface area contributed by atoms with Crippen LogP contribution in [0.1, 0.15) is 30.1 Å². The number of rotatable bonds is 8. The first-order valence-electron chi connectivity index (χ1n) is 10.8. The monoisotopic (exact) mass is 520 g/mol. The molecule has 192 valence electrons. The quantitative estimate of drug-likeness (QED) is 0.308. The van der Waals surface area contributed by atoms with Gasteiger partial charge in [0.25, 0.3) is 0 Å². The van der Waals surface area contributed by atoms with Gasteiger partial charge in [-0.25, -0.2) is 4.79 Å². The van der Waals surface area contributed by atoms with E-state index in [2.05, 4.69) is 0 Å². The predicted molar refractivity (Wildman–Crippen MR) is 119 cm³/mol. The maximum atomic E-state index is 14.0. The van der Waals surface area contributed by atoms with Crippen LogP contribution in [0.5, 0.6) is 5.75 Å². The molecular formula is C23H25ClN4O8. The van der Waals surface area contributed by atoms with Crippen molar-refractivity contribution in [2.24, 2.45) is 0 Å². The molecule has 12 nitrogen and oxygen atoms in total. The van der Waals surface area contributed by atoms with Crippen molar-refractivity contribution in [3.63, 3.8) is 0 Å². The van der Waals surface area contributed by atoms with Crippen molar-refractivity contribution in [1.29, 1.82) is 0 Å². The highest BCUT2D eigenvalue weighted by Crippen LogP contribution is 2.53. The Morgan fingerprint density at radius 1 is 1.06 bits per heavy atom. The summed E-state index contributed by atoms with van der Waals surface area (Å²) in [5, 5.41) is 30.4. The second-order valence-corrected chi connectivity index (χ2v) is 8.26. The molecule has 13 heteroatoms. The predicted octanol–water partition coefficient (Wildman–Crippen LogP) is -0.308. The maximum Gasteiger partial charge on any atom is 0.546 e. The van der Waals surface area contributed by atoms with Crippen LogP contribution < -0.4 is 17.1 Å². The molecule has 4 aliphatic heterocycles. The molecule has 4 aliphatic rings. The Morgan fingerprint density at radius 3 is 2.14 bits per heavy atom. The Morgan fingerprint density at radius 2 is 1.67 bits per heavy atom. The van der Waals surface area contributed by atoms with Gasteiger partial charge in [0.15, 0.2) is 11.7 Å². The lowest BCUT2D eigenvalue weighted by Crippen LogP contribution is -3.00. The van der Waals surface area contributed by atoms with Gasteiger partial charge in [0.1, 0.15) is 5.75 Å². The standard InChI is InChI=1S/C23H24N4O8.ClH/c1-3-18-25(21(31)32)17-14-27(18,22(33)34)26(17)23(9-12-24(13-10-23)11-8-19(28)29)20(30)15-4-6-16(35-2)7-5-15;/h4-7,9-10,12-14,18H,3,8,11H2,1-2H3,(H2-,28,29,31,32,33,34);1H. The third kappa shape index (κ3) is 3.74. The van der Waals surface area contributed by atoms with Gasteiger partial charge in [0.2, 0.25) is 17.8 Å². The number of nitrogens with zero attached hydrogens (tertiary/aromatic N) is 4. The first-order valence-corrected chi connectivity index (χ1v) is 10.8. The number of carbonyl (C=O) groups excluding carboxylic acids is 1. The van der Waals surface area contributed by atoms with Crippen LogP contribution in [0, 0.1) is 0 Å². The van der Waals surface area contributed by atoms with Crippen molar-refractivity contribution in [3.05, 3.63) is 66.4 Å². The Hall–Kier alpha value is -4.03. The Kier molecular flexibility index (Phi) is 7.05. The number of fused-ring (bicyclic) bond motifs is 1. The van der Waals surface area contributed by atoms with Crippen LogP contribution in [0.2, 0.25) is 0 Å². The van der Waals surface area contributed by atoms with Gasteiger partial charge >= 0.3 is 18.2 Å². The van der Waals surface area contributed by atoms with Gasteiger partial charge in [-0.2, -0.15) is 14.7 Å². The number of hydrogen-bond acceptors (Lipinski definition) is 7. The molecule has 0 saturated carbocycles. The fourth-order valence-corrected chi connectivity index (χ4v) is 4.79. The average Bonchev–Trinajstić information content (AvgIpc) is 3.34. The lowest BCUT2D eigenvalue weighted by atomic mass is 9.86. The van der Waals surface area contributed by atoms with E-state index in [-0.39, 0.29) is 43.2 Å². The zero-order chi connectivity index (χ0) is 25.5. The molecule has 5 rings (SSSR count). The molecule has 0 aliphatic carbocycles. The van der Waals surface area contributed by atoms with Gasteiger partial charge < -0.3 is 37.4 Å². The number of carboxylic acids is 1. The summed E-state index contributed by atoms with van der Waals surface area (Å²) in [7, 11) is 1.49. The minimum atomic E-state index is -1.69.